The van der Waals surface area contributed by atoms with Gasteiger partial charge in [0.25, 0.3) is 0 Å². The van der Waals surface area contributed by atoms with Gasteiger partial charge >= 0.3 is 0 Å². The van der Waals surface area contributed by atoms with Gasteiger partial charge in [-0.15, -0.1) is 0 Å². The third kappa shape index (κ3) is 2.10. The van der Waals surface area contributed by atoms with Crippen LogP contribution < -0.4 is 5.32 Å². The number of fused-ring (bicyclic) bond motifs is 1. The van der Waals surface area contributed by atoms with Gasteiger partial charge in [0.05, 0.1) is 13.2 Å². The van der Waals surface area contributed by atoms with Gasteiger partial charge in [-0.2, -0.15) is 0 Å². The Bertz CT molecular complexity index is 402. The Kier molecular flexibility index (Phi) is 2.91. The third-order valence-corrected chi connectivity index (χ3v) is 3.62. The zero-order valence-corrected chi connectivity index (χ0v) is 9.85. The topological polar surface area (TPSA) is 44.7 Å². The monoisotopic (exact) mass is 234 g/mol. The zero-order valence-electron chi connectivity index (χ0n) is 9.85. The first kappa shape index (κ1) is 10.9. The van der Waals surface area contributed by atoms with Crippen LogP contribution in [0.15, 0.2) is 18.2 Å². The Morgan fingerprint density at radius 2 is 2.12 bits per heavy atom. The highest BCUT2D eigenvalue weighted by Crippen LogP contribution is 2.36. The Morgan fingerprint density at radius 3 is 2.94 bits per heavy atom. The molecule has 2 N–H and O–H groups in total. The summed E-state index contributed by atoms with van der Waals surface area (Å²) in [5.74, 6) is 0.332. The van der Waals surface area contributed by atoms with Crippen molar-refractivity contribution in [2.45, 2.75) is 12.5 Å². The summed E-state index contributed by atoms with van der Waals surface area (Å²) >= 11 is 0. The van der Waals surface area contributed by atoms with E-state index in [2.05, 4.69) is 10.2 Å². The molecule has 0 aliphatic carbocycles. The van der Waals surface area contributed by atoms with Gasteiger partial charge in [0.15, 0.2) is 0 Å². The summed E-state index contributed by atoms with van der Waals surface area (Å²) in [6.45, 7) is 4.64. The molecule has 17 heavy (non-hydrogen) atoms. The molecule has 1 atom stereocenters. The molecular weight excluding hydrogens is 216 g/mol. The summed E-state index contributed by atoms with van der Waals surface area (Å²) in [5, 5.41) is 12.9. The lowest BCUT2D eigenvalue weighted by Crippen LogP contribution is -2.41. The van der Waals surface area contributed by atoms with Crippen LogP contribution in [-0.4, -0.2) is 42.9 Å². The molecule has 2 aliphatic rings. The molecule has 4 nitrogen and oxygen atoms in total. The molecule has 1 saturated heterocycles. The second kappa shape index (κ2) is 4.55. The standard InChI is InChI=1S/C13H18N2O2/c16-10-1-2-11-12(9-10)14-4-3-13(11)15-5-7-17-8-6-15/h1-2,9,13-14,16H,3-8H2. The Hall–Kier alpha value is -1.26. The van der Waals surface area contributed by atoms with Gasteiger partial charge < -0.3 is 15.2 Å². The fourth-order valence-corrected chi connectivity index (χ4v) is 2.76. The summed E-state index contributed by atoms with van der Waals surface area (Å²) in [6.07, 6.45) is 1.12. The van der Waals surface area contributed by atoms with Crippen LogP contribution in [-0.2, 0) is 4.74 Å². The van der Waals surface area contributed by atoms with Crippen LogP contribution in [0.4, 0.5) is 5.69 Å². The molecule has 0 amide bonds. The van der Waals surface area contributed by atoms with E-state index in [1.54, 1.807) is 6.07 Å². The van der Waals surface area contributed by atoms with E-state index in [0.29, 0.717) is 11.8 Å². The van der Waals surface area contributed by atoms with E-state index in [1.807, 2.05) is 12.1 Å². The van der Waals surface area contributed by atoms with Crippen LogP contribution in [0.5, 0.6) is 5.75 Å². The number of benzene rings is 1. The number of ether oxygens (including phenoxy) is 1. The van der Waals surface area contributed by atoms with E-state index >= 15 is 0 Å². The van der Waals surface area contributed by atoms with Gasteiger partial charge in [-0.1, -0.05) is 6.07 Å². The molecule has 0 bridgehead atoms. The number of aromatic hydroxyl groups is 1. The molecular formula is C13H18N2O2. The van der Waals surface area contributed by atoms with Crippen molar-refractivity contribution in [3.8, 4) is 5.75 Å². The highest BCUT2D eigenvalue weighted by Gasteiger charge is 2.27. The number of hydrogen-bond acceptors (Lipinski definition) is 4. The van der Waals surface area contributed by atoms with Crippen LogP contribution in [0.2, 0.25) is 0 Å². The number of phenolic OH excluding ortho intramolecular Hbond substituents is 1. The first-order valence-corrected chi connectivity index (χ1v) is 6.23. The van der Waals surface area contributed by atoms with Gasteiger partial charge in [0.2, 0.25) is 0 Å². The largest absolute Gasteiger partial charge is 0.508 e. The number of hydrogen-bond donors (Lipinski definition) is 2. The highest BCUT2D eigenvalue weighted by atomic mass is 16.5. The van der Waals surface area contributed by atoms with Crippen LogP contribution >= 0.6 is 0 Å². The predicted molar refractivity (Wildman–Crippen MR) is 66.3 cm³/mol. The normalized spacial score (nSPS) is 25.1. The molecule has 1 unspecified atom stereocenters. The predicted octanol–water partition coefficient (Wildman–Crippen LogP) is 1.58. The fourth-order valence-electron chi connectivity index (χ4n) is 2.76. The molecule has 0 spiro atoms. The van der Waals surface area contributed by atoms with Crippen LogP contribution in [0.3, 0.4) is 0 Å². The van der Waals surface area contributed by atoms with Crippen LogP contribution in [0.25, 0.3) is 0 Å². The smallest absolute Gasteiger partial charge is 0.117 e. The van der Waals surface area contributed by atoms with E-state index in [9.17, 15) is 5.11 Å². The number of phenols is 1. The summed E-state index contributed by atoms with van der Waals surface area (Å²) in [6, 6.07) is 6.11. The van der Waals surface area contributed by atoms with Crippen molar-refractivity contribution in [3.63, 3.8) is 0 Å². The number of morpholine rings is 1. The molecule has 1 aromatic carbocycles. The van der Waals surface area contributed by atoms with E-state index in [1.165, 1.54) is 5.56 Å². The van der Waals surface area contributed by atoms with E-state index in [4.69, 9.17) is 4.74 Å². The molecule has 0 aromatic heterocycles. The lowest BCUT2D eigenvalue weighted by atomic mass is 9.96. The molecule has 4 heteroatoms. The Balaban J connectivity index is 1.88. The SMILES string of the molecule is Oc1ccc2c(c1)NCCC2N1CCOCC1. The molecule has 1 fully saturated rings. The number of rotatable bonds is 1. The van der Waals surface area contributed by atoms with E-state index < -0.39 is 0 Å². The zero-order chi connectivity index (χ0) is 11.7. The quantitative estimate of drug-likeness (QED) is 0.774. The molecule has 0 saturated carbocycles. The minimum Gasteiger partial charge on any atom is -0.508 e. The maximum absolute atomic E-state index is 9.51. The van der Waals surface area contributed by atoms with Crippen LogP contribution in [0, 0.1) is 0 Å². The molecule has 92 valence electrons. The van der Waals surface area contributed by atoms with Gasteiger partial charge in [-0.25, -0.2) is 0 Å². The third-order valence-electron chi connectivity index (χ3n) is 3.62. The van der Waals surface area contributed by atoms with Gasteiger partial charge in [-0.3, -0.25) is 4.90 Å². The Morgan fingerprint density at radius 1 is 1.29 bits per heavy atom. The lowest BCUT2D eigenvalue weighted by molar-refractivity contribution is 0.0144. The molecule has 2 aliphatic heterocycles. The molecule has 0 radical (unpaired) electrons. The van der Waals surface area contributed by atoms with Gasteiger partial charge in [-0.05, 0) is 18.1 Å². The minimum absolute atomic E-state index is 0.332. The minimum atomic E-state index is 0.332. The Labute approximate surface area is 101 Å². The molecule has 1 aromatic rings. The summed E-state index contributed by atoms with van der Waals surface area (Å²) in [4.78, 5) is 2.49. The average Bonchev–Trinajstić information content (AvgIpc) is 2.39. The summed E-state index contributed by atoms with van der Waals surface area (Å²) in [5.41, 5.74) is 2.38. The van der Waals surface area contributed by atoms with Crippen molar-refractivity contribution in [2.24, 2.45) is 0 Å². The first-order valence-electron chi connectivity index (χ1n) is 6.23. The van der Waals surface area contributed by atoms with Crippen molar-refractivity contribution < 1.29 is 9.84 Å². The summed E-state index contributed by atoms with van der Waals surface area (Å²) < 4.78 is 5.40. The van der Waals surface area contributed by atoms with Crippen molar-refractivity contribution in [1.29, 1.82) is 0 Å². The fraction of sp³-hybridized carbons (Fsp3) is 0.538. The maximum Gasteiger partial charge on any atom is 0.117 e. The maximum atomic E-state index is 9.51. The van der Waals surface area contributed by atoms with Gasteiger partial charge in [0.1, 0.15) is 5.75 Å². The van der Waals surface area contributed by atoms with Crippen LogP contribution in [0.1, 0.15) is 18.0 Å². The number of anilines is 1. The van der Waals surface area contributed by atoms with Crippen molar-refractivity contribution in [1.82, 2.24) is 4.90 Å². The average molecular weight is 234 g/mol. The van der Waals surface area contributed by atoms with Crippen molar-refractivity contribution in [2.75, 3.05) is 38.2 Å². The summed E-state index contributed by atoms with van der Waals surface area (Å²) in [7, 11) is 0. The van der Waals surface area contributed by atoms with Crippen molar-refractivity contribution >= 4 is 5.69 Å². The van der Waals surface area contributed by atoms with E-state index in [0.717, 1.165) is 45.0 Å². The second-order valence-corrected chi connectivity index (χ2v) is 4.65. The second-order valence-electron chi connectivity index (χ2n) is 4.65. The lowest BCUT2D eigenvalue weighted by Gasteiger charge is -2.38. The highest BCUT2D eigenvalue weighted by molar-refractivity contribution is 5.57. The molecule has 3 rings (SSSR count). The number of nitrogens with one attached hydrogen (secondary N) is 1. The number of nitrogens with zero attached hydrogens (tertiary/aromatic N) is 1. The molecule has 2 heterocycles. The van der Waals surface area contributed by atoms with E-state index in [-0.39, 0.29) is 0 Å². The first-order chi connectivity index (χ1) is 8.34. The van der Waals surface area contributed by atoms with Gasteiger partial charge in [0, 0.05) is 37.4 Å². The van der Waals surface area contributed by atoms with Crippen molar-refractivity contribution in [3.05, 3.63) is 23.8 Å².